The van der Waals surface area contributed by atoms with Gasteiger partial charge in [-0.05, 0) is 49.9 Å². The molecule has 4 rings (SSSR count). The largest absolute Gasteiger partial charge is 0.493 e. The standard InChI is InChI=1S/C24H26ClFN4O4/c1-32-12-23(31)29-14-3-6-16(7-4-14)34-22-10-17-20(11-21(22)33-2)27-13-28-24(17)30-15-5-8-19(26)18(25)9-15/h5,8-11,13-14,16H,3-4,6-7,12H2,1-2H3,(H,29,31)(H,27,28,30). The molecule has 1 amide bonds. The van der Waals surface area contributed by atoms with Crippen LogP contribution in [0.5, 0.6) is 11.5 Å². The molecule has 0 saturated heterocycles. The van der Waals surface area contributed by atoms with E-state index in [9.17, 15) is 9.18 Å². The number of rotatable bonds is 8. The molecule has 1 aliphatic rings. The number of benzene rings is 2. The number of carbonyl (C=O) groups excluding carboxylic acids is 1. The normalized spacial score (nSPS) is 17.9. The maximum absolute atomic E-state index is 13.5. The smallest absolute Gasteiger partial charge is 0.246 e. The summed E-state index contributed by atoms with van der Waals surface area (Å²) < 4.78 is 30.3. The maximum atomic E-state index is 13.5. The summed E-state index contributed by atoms with van der Waals surface area (Å²) in [4.78, 5) is 20.4. The Kier molecular flexibility index (Phi) is 7.64. The Bertz CT molecular complexity index is 1170. The molecule has 0 aliphatic heterocycles. The number of hydrogen-bond acceptors (Lipinski definition) is 7. The number of carbonyl (C=O) groups is 1. The monoisotopic (exact) mass is 488 g/mol. The lowest BCUT2D eigenvalue weighted by Crippen LogP contribution is -2.41. The van der Waals surface area contributed by atoms with Crippen molar-refractivity contribution in [1.29, 1.82) is 0 Å². The Morgan fingerprint density at radius 2 is 1.91 bits per heavy atom. The number of halogens is 2. The van der Waals surface area contributed by atoms with Crippen LogP contribution in [0.25, 0.3) is 10.9 Å². The fourth-order valence-corrected chi connectivity index (χ4v) is 4.21. The summed E-state index contributed by atoms with van der Waals surface area (Å²) >= 11 is 5.91. The second kappa shape index (κ2) is 10.8. The highest BCUT2D eigenvalue weighted by molar-refractivity contribution is 6.31. The number of anilines is 2. The lowest BCUT2D eigenvalue weighted by Gasteiger charge is -2.30. The van der Waals surface area contributed by atoms with Gasteiger partial charge in [-0.3, -0.25) is 4.79 Å². The van der Waals surface area contributed by atoms with Crippen LogP contribution >= 0.6 is 11.6 Å². The summed E-state index contributed by atoms with van der Waals surface area (Å²) in [6.07, 6.45) is 4.65. The van der Waals surface area contributed by atoms with Gasteiger partial charge in [0.25, 0.3) is 0 Å². The molecule has 10 heteroatoms. The van der Waals surface area contributed by atoms with Crippen molar-refractivity contribution in [3.63, 3.8) is 0 Å². The molecule has 2 N–H and O–H groups in total. The highest BCUT2D eigenvalue weighted by Crippen LogP contribution is 2.37. The number of hydrogen-bond donors (Lipinski definition) is 2. The van der Waals surface area contributed by atoms with Gasteiger partial charge in [-0.15, -0.1) is 0 Å². The average Bonchev–Trinajstić information content (AvgIpc) is 2.83. The summed E-state index contributed by atoms with van der Waals surface area (Å²) in [6.45, 7) is 0.0628. The number of ether oxygens (including phenoxy) is 3. The van der Waals surface area contributed by atoms with Crippen molar-refractivity contribution in [2.24, 2.45) is 0 Å². The number of fused-ring (bicyclic) bond motifs is 1. The maximum Gasteiger partial charge on any atom is 0.246 e. The highest BCUT2D eigenvalue weighted by atomic mass is 35.5. The van der Waals surface area contributed by atoms with Crippen LogP contribution in [0.2, 0.25) is 5.02 Å². The van der Waals surface area contributed by atoms with Gasteiger partial charge in [-0.1, -0.05) is 11.6 Å². The Hall–Kier alpha value is -3.17. The minimum Gasteiger partial charge on any atom is -0.493 e. The van der Waals surface area contributed by atoms with Crippen LogP contribution in [0.1, 0.15) is 25.7 Å². The van der Waals surface area contributed by atoms with Crippen molar-refractivity contribution in [3.05, 3.63) is 47.5 Å². The molecule has 1 saturated carbocycles. The summed E-state index contributed by atoms with van der Waals surface area (Å²) in [5.74, 6) is 1.08. The molecule has 0 atom stereocenters. The first-order valence-corrected chi connectivity index (χ1v) is 11.3. The van der Waals surface area contributed by atoms with Crippen molar-refractivity contribution >= 4 is 39.9 Å². The molecule has 34 heavy (non-hydrogen) atoms. The first kappa shape index (κ1) is 24.0. The lowest BCUT2D eigenvalue weighted by atomic mass is 9.93. The molecular formula is C24H26ClFN4O4. The van der Waals surface area contributed by atoms with E-state index in [1.54, 1.807) is 19.2 Å². The predicted molar refractivity (Wildman–Crippen MR) is 127 cm³/mol. The van der Waals surface area contributed by atoms with Crippen LogP contribution in [0, 0.1) is 5.82 Å². The van der Waals surface area contributed by atoms with Gasteiger partial charge in [0.15, 0.2) is 11.5 Å². The van der Waals surface area contributed by atoms with Crippen molar-refractivity contribution in [1.82, 2.24) is 15.3 Å². The topological polar surface area (TPSA) is 94.6 Å². The zero-order valence-corrected chi connectivity index (χ0v) is 19.7. The molecule has 1 aromatic heterocycles. The van der Waals surface area contributed by atoms with E-state index in [-0.39, 0.29) is 29.7 Å². The number of nitrogens with one attached hydrogen (secondary N) is 2. The summed E-state index contributed by atoms with van der Waals surface area (Å²) in [5, 5.41) is 6.89. The van der Waals surface area contributed by atoms with Gasteiger partial charge in [0.1, 0.15) is 24.6 Å². The van der Waals surface area contributed by atoms with Gasteiger partial charge in [-0.2, -0.15) is 0 Å². The molecule has 180 valence electrons. The number of methoxy groups -OCH3 is 2. The third kappa shape index (κ3) is 5.66. The van der Waals surface area contributed by atoms with Crippen molar-refractivity contribution in [2.45, 2.75) is 37.8 Å². The average molecular weight is 489 g/mol. The van der Waals surface area contributed by atoms with E-state index in [4.69, 9.17) is 25.8 Å². The van der Waals surface area contributed by atoms with Gasteiger partial charge in [0.05, 0.1) is 23.8 Å². The summed E-state index contributed by atoms with van der Waals surface area (Å²) in [5.41, 5.74) is 1.26. The van der Waals surface area contributed by atoms with E-state index in [0.717, 1.165) is 31.1 Å². The van der Waals surface area contributed by atoms with Gasteiger partial charge in [0, 0.05) is 30.3 Å². The van der Waals surface area contributed by atoms with Crippen LogP contribution in [0.4, 0.5) is 15.9 Å². The van der Waals surface area contributed by atoms with Crippen LogP contribution in [-0.2, 0) is 9.53 Å². The van der Waals surface area contributed by atoms with E-state index in [2.05, 4.69) is 20.6 Å². The van der Waals surface area contributed by atoms with Crippen molar-refractivity contribution < 1.29 is 23.4 Å². The van der Waals surface area contributed by atoms with Crippen molar-refractivity contribution in [3.8, 4) is 11.5 Å². The lowest BCUT2D eigenvalue weighted by molar-refractivity contribution is -0.125. The molecule has 3 aromatic rings. The Balaban J connectivity index is 1.52. The number of nitrogens with zero attached hydrogens (tertiary/aromatic N) is 2. The minimum absolute atomic E-state index is 0.0149. The Morgan fingerprint density at radius 1 is 1.12 bits per heavy atom. The third-order valence-electron chi connectivity index (χ3n) is 5.71. The Morgan fingerprint density at radius 3 is 2.62 bits per heavy atom. The molecular weight excluding hydrogens is 463 g/mol. The first-order chi connectivity index (χ1) is 16.5. The molecule has 8 nitrogen and oxygen atoms in total. The summed E-state index contributed by atoms with van der Waals surface area (Å²) in [6, 6.07) is 8.13. The van der Waals surface area contributed by atoms with E-state index in [1.165, 1.54) is 25.6 Å². The number of amides is 1. The van der Waals surface area contributed by atoms with E-state index in [1.807, 2.05) is 6.07 Å². The Labute approximate surface area is 201 Å². The van der Waals surface area contributed by atoms with Crippen molar-refractivity contribution in [2.75, 3.05) is 26.1 Å². The van der Waals surface area contributed by atoms with Gasteiger partial charge < -0.3 is 24.8 Å². The van der Waals surface area contributed by atoms with Crippen LogP contribution < -0.4 is 20.1 Å². The molecule has 1 fully saturated rings. The molecule has 0 radical (unpaired) electrons. The zero-order chi connectivity index (χ0) is 24.1. The van der Waals surface area contributed by atoms with Gasteiger partial charge in [-0.25, -0.2) is 14.4 Å². The van der Waals surface area contributed by atoms with Crippen LogP contribution in [0.3, 0.4) is 0 Å². The van der Waals surface area contributed by atoms with Gasteiger partial charge in [0.2, 0.25) is 5.91 Å². The molecule has 1 heterocycles. The zero-order valence-electron chi connectivity index (χ0n) is 18.9. The summed E-state index contributed by atoms with van der Waals surface area (Å²) in [7, 11) is 3.08. The molecule has 0 bridgehead atoms. The fourth-order valence-electron chi connectivity index (χ4n) is 4.03. The van der Waals surface area contributed by atoms with Gasteiger partial charge >= 0.3 is 0 Å². The molecule has 0 spiro atoms. The second-order valence-electron chi connectivity index (χ2n) is 8.09. The van der Waals surface area contributed by atoms with E-state index >= 15 is 0 Å². The number of aromatic nitrogens is 2. The first-order valence-electron chi connectivity index (χ1n) is 11.0. The second-order valence-corrected chi connectivity index (χ2v) is 8.50. The van der Waals surface area contributed by atoms with Crippen LogP contribution in [0.15, 0.2) is 36.7 Å². The van der Waals surface area contributed by atoms with E-state index in [0.29, 0.717) is 28.5 Å². The highest BCUT2D eigenvalue weighted by Gasteiger charge is 2.25. The predicted octanol–water partition coefficient (Wildman–Crippen LogP) is 4.63. The quantitative estimate of drug-likeness (QED) is 0.477. The van der Waals surface area contributed by atoms with Crippen LogP contribution in [-0.4, -0.2) is 48.8 Å². The minimum atomic E-state index is -0.492. The molecule has 2 aromatic carbocycles. The molecule has 1 aliphatic carbocycles. The fraction of sp³-hybridized carbons (Fsp3) is 0.375. The molecule has 0 unspecified atom stereocenters. The third-order valence-corrected chi connectivity index (χ3v) is 6.00. The SMILES string of the molecule is COCC(=O)NC1CCC(Oc2cc3c(Nc4ccc(F)c(Cl)c4)ncnc3cc2OC)CC1. The van der Waals surface area contributed by atoms with E-state index < -0.39 is 5.82 Å².